The predicted molar refractivity (Wildman–Crippen MR) is 115 cm³/mol. The largest absolute Gasteiger partial charge is 0.448 e. The van der Waals surface area contributed by atoms with Crippen molar-refractivity contribution in [2.45, 2.75) is 42.1 Å². The zero-order chi connectivity index (χ0) is 19.7. The molecule has 1 amide bonds. The number of benzene rings is 2. The molecule has 2 aromatic carbocycles. The van der Waals surface area contributed by atoms with Crippen LogP contribution in [0, 0.1) is 0 Å². The Bertz CT molecular complexity index is 1010. The van der Waals surface area contributed by atoms with Gasteiger partial charge in [-0.05, 0) is 49.2 Å². The summed E-state index contributed by atoms with van der Waals surface area (Å²) in [6.07, 6.45) is 4.07. The van der Waals surface area contributed by atoms with Crippen LogP contribution in [0.25, 0.3) is 0 Å². The second kappa shape index (κ2) is 7.72. The molecular weight excluding hydrogens is 404 g/mol. The van der Waals surface area contributed by atoms with Crippen LogP contribution in [0.3, 0.4) is 0 Å². The number of thiazole rings is 1. The molecule has 1 spiro atoms. The van der Waals surface area contributed by atoms with E-state index in [1.165, 1.54) is 0 Å². The Morgan fingerprint density at radius 3 is 2.66 bits per heavy atom. The lowest BCUT2D eigenvalue weighted by molar-refractivity contribution is -0.0716. The molecule has 0 unspecified atom stereocenters. The van der Waals surface area contributed by atoms with E-state index in [-0.39, 0.29) is 5.91 Å². The standard InChI is InChI=1S/C22H20N2O3S2/c25-21(15-3-6-18(7-4-15)29-13-17-12-28-14-23-17)24-16-5-8-19-20(11-16)27-22(26-19)9-1-2-10-22/h3-8,11-12,14H,1-2,9-10,13H2,(H,24,25). The van der Waals surface area contributed by atoms with Gasteiger partial charge in [-0.2, -0.15) is 0 Å². The lowest BCUT2D eigenvalue weighted by Crippen LogP contribution is -2.34. The van der Waals surface area contributed by atoms with Crippen molar-refractivity contribution in [3.8, 4) is 11.5 Å². The summed E-state index contributed by atoms with van der Waals surface area (Å²) in [6, 6.07) is 13.2. The minimum atomic E-state index is -0.489. The fourth-order valence-electron chi connectivity index (χ4n) is 3.66. The van der Waals surface area contributed by atoms with Crippen molar-refractivity contribution in [2.75, 3.05) is 5.32 Å². The van der Waals surface area contributed by atoms with Crippen molar-refractivity contribution in [3.63, 3.8) is 0 Å². The Labute approximate surface area is 177 Å². The van der Waals surface area contributed by atoms with E-state index in [1.54, 1.807) is 23.1 Å². The minimum Gasteiger partial charge on any atom is -0.448 e. The van der Waals surface area contributed by atoms with Gasteiger partial charge in [-0.15, -0.1) is 23.1 Å². The number of thioether (sulfide) groups is 1. The van der Waals surface area contributed by atoms with Crippen molar-refractivity contribution in [1.82, 2.24) is 4.98 Å². The Kier molecular flexibility index (Phi) is 4.93. The average molecular weight is 425 g/mol. The Balaban J connectivity index is 1.22. The van der Waals surface area contributed by atoms with Crippen LogP contribution in [0.5, 0.6) is 11.5 Å². The molecule has 0 radical (unpaired) electrons. The van der Waals surface area contributed by atoms with Crippen molar-refractivity contribution in [3.05, 3.63) is 64.6 Å². The number of ether oxygens (including phenoxy) is 2. The van der Waals surface area contributed by atoms with Gasteiger partial charge in [0.2, 0.25) is 0 Å². The second-order valence-electron chi connectivity index (χ2n) is 7.23. The average Bonchev–Trinajstić information content (AvgIpc) is 3.48. The van der Waals surface area contributed by atoms with Crippen molar-refractivity contribution in [1.29, 1.82) is 0 Å². The van der Waals surface area contributed by atoms with Gasteiger partial charge >= 0.3 is 0 Å². The molecular formula is C22H20N2O3S2. The zero-order valence-corrected chi connectivity index (χ0v) is 17.4. The molecule has 1 aromatic heterocycles. The van der Waals surface area contributed by atoms with E-state index >= 15 is 0 Å². The van der Waals surface area contributed by atoms with Crippen LogP contribution in [0.4, 0.5) is 5.69 Å². The monoisotopic (exact) mass is 424 g/mol. The summed E-state index contributed by atoms with van der Waals surface area (Å²) in [5, 5.41) is 5.00. The van der Waals surface area contributed by atoms with Gasteiger partial charge in [0.15, 0.2) is 11.5 Å². The zero-order valence-electron chi connectivity index (χ0n) is 15.7. The summed E-state index contributed by atoms with van der Waals surface area (Å²) >= 11 is 3.31. The fraction of sp³-hybridized carbons (Fsp3) is 0.273. The van der Waals surface area contributed by atoms with Gasteiger partial charge in [-0.1, -0.05) is 0 Å². The summed E-state index contributed by atoms with van der Waals surface area (Å²) in [6.45, 7) is 0. The summed E-state index contributed by atoms with van der Waals surface area (Å²) in [5.74, 6) is 1.66. The minimum absolute atomic E-state index is 0.143. The number of carbonyl (C=O) groups is 1. The van der Waals surface area contributed by atoms with Gasteiger partial charge in [0.1, 0.15) is 0 Å². The van der Waals surface area contributed by atoms with Crippen LogP contribution in [0.1, 0.15) is 41.7 Å². The SMILES string of the molecule is O=C(Nc1ccc2c(c1)OC1(CCCC1)O2)c1ccc(SCc2cscn2)cc1. The third kappa shape index (κ3) is 3.97. The van der Waals surface area contributed by atoms with E-state index in [9.17, 15) is 4.79 Å². The quantitative estimate of drug-likeness (QED) is 0.530. The Morgan fingerprint density at radius 1 is 1.10 bits per heavy atom. The van der Waals surface area contributed by atoms with Crippen molar-refractivity contribution in [2.24, 2.45) is 0 Å². The molecule has 2 heterocycles. The third-order valence-corrected chi connectivity index (χ3v) is 6.83. The number of rotatable bonds is 5. The van der Waals surface area contributed by atoms with Gasteiger partial charge in [0.05, 0.1) is 11.2 Å². The van der Waals surface area contributed by atoms with E-state index in [0.29, 0.717) is 17.0 Å². The molecule has 0 atom stereocenters. The first kappa shape index (κ1) is 18.5. The first-order valence-electron chi connectivity index (χ1n) is 9.63. The maximum Gasteiger partial charge on any atom is 0.255 e. The number of carbonyl (C=O) groups excluding carboxylic acids is 1. The van der Waals surface area contributed by atoms with E-state index in [4.69, 9.17) is 9.47 Å². The van der Waals surface area contributed by atoms with Gasteiger partial charge in [-0.3, -0.25) is 4.79 Å². The van der Waals surface area contributed by atoms with Crippen LogP contribution in [-0.4, -0.2) is 16.7 Å². The summed E-state index contributed by atoms with van der Waals surface area (Å²) in [7, 11) is 0. The topological polar surface area (TPSA) is 60.5 Å². The van der Waals surface area contributed by atoms with Gasteiger partial charge in [-0.25, -0.2) is 4.98 Å². The molecule has 29 heavy (non-hydrogen) atoms. The van der Waals surface area contributed by atoms with Gasteiger partial charge in [0, 0.05) is 46.2 Å². The molecule has 0 saturated heterocycles. The molecule has 2 aliphatic rings. The number of hydrogen-bond donors (Lipinski definition) is 1. The lowest BCUT2D eigenvalue weighted by atomic mass is 10.2. The van der Waals surface area contributed by atoms with Crippen LogP contribution >= 0.6 is 23.1 Å². The van der Waals surface area contributed by atoms with Crippen LogP contribution in [0.15, 0.2) is 58.3 Å². The summed E-state index contributed by atoms with van der Waals surface area (Å²) in [4.78, 5) is 18.0. The molecule has 5 nitrogen and oxygen atoms in total. The Morgan fingerprint density at radius 2 is 1.90 bits per heavy atom. The number of amides is 1. The van der Waals surface area contributed by atoms with Crippen molar-refractivity contribution >= 4 is 34.7 Å². The molecule has 7 heteroatoms. The molecule has 3 aromatic rings. The first-order chi connectivity index (χ1) is 14.2. The highest BCUT2D eigenvalue weighted by atomic mass is 32.2. The molecule has 1 N–H and O–H groups in total. The van der Waals surface area contributed by atoms with Crippen LogP contribution < -0.4 is 14.8 Å². The van der Waals surface area contributed by atoms with Gasteiger partial charge < -0.3 is 14.8 Å². The van der Waals surface area contributed by atoms with E-state index in [1.807, 2.05) is 48.0 Å². The summed E-state index contributed by atoms with van der Waals surface area (Å²) in [5.41, 5.74) is 4.24. The molecule has 0 bridgehead atoms. The van der Waals surface area contributed by atoms with E-state index < -0.39 is 5.79 Å². The number of nitrogens with zero attached hydrogens (tertiary/aromatic N) is 1. The molecule has 148 valence electrons. The van der Waals surface area contributed by atoms with Crippen molar-refractivity contribution < 1.29 is 14.3 Å². The predicted octanol–water partition coefficient (Wildman–Crippen LogP) is 5.73. The van der Waals surface area contributed by atoms with E-state index in [2.05, 4.69) is 15.7 Å². The highest BCUT2D eigenvalue weighted by molar-refractivity contribution is 7.98. The number of anilines is 1. The number of aromatic nitrogens is 1. The fourth-order valence-corrected chi connectivity index (χ4v) is 5.13. The Hall–Kier alpha value is -2.51. The first-order valence-corrected chi connectivity index (χ1v) is 11.6. The molecule has 1 aliphatic heterocycles. The van der Waals surface area contributed by atoms with Crippen LogP contribution in [-0.2, 0) is 5.75 Å². The molecule has 5 rings (SSSR count). The number of hydrogen-bond acceptors (Lipinski definition) is 6. The maximum atomic E-state index is 12.6. The normalized spacial score (nSPS) is 16.3. The molecule has 1 saturated carbocycles. The van der Waals surface area contributed by atoms with E-state index in [0.717, 1.165) is 47.8 Å². The molecule has 1 aliphatic carbocycles. The lowest BCUT2D eigenvalue weighted by Gasteiger charge is -2.21. The molecule has 1 fully saturated rings. The third-order valence-electron chi connectivity index (χ3n) is 5.15. The second-order valence-corrected chi connectivity index (χ2v) is 9.00. The van der Waals surface area contributed by atoms with Gasteiger partial charge in [0.25, 0.3) is 11.7 Å². The number of nitrogens with one attached hydrogen (secondary N) is 1. The smallest absolute Gasteiger partial charge is 0.255 e. The highest BCUT2D eigenvalue weighted by Crippen LogP contribution is 2.47. The highest BCUT2D eigenvalue weighted by Gasteiger charge is 2.44. The van der Waals surface area contributed by atoms with Crippen LogP contribution in [0.2, 0.25) is 0 Å². The number of fused-ring (bicyclic) bond motifs is 1. The maximum absolute atomic E-state index is 12.6. The summed E-state index contributed by atoms with van der Waals surface area (Å²) < 4.78 is 12.1.